The third-order valence-electron chi connectivity index (χ3n) is 4.29. The molecule has 0 radical (unpaired) electrons. The second-order valence-electron chi connectivity index (χ2n) is 6.26. The number of ether oxygens (including phenoxy) is 1. The average Bonchev–Trinajstić information content (AvgIpc) is 3.11. The summed E-state index contributed by atoms with van der Waals surface area (Å²) in [6.45, 7) is 2.71. The van der Waals surface area contributed by atoms with E-state index in [0.717, 1.165) is 11.1 Å². The molecule has 0 aliphatic carbocycles. The maximum absolute atomic E-state index is 12.5. The molecule has 1 amide bonds. The molecule has 0 atom stereocenters. The highest BCUT2D eigenvalue weighted by atomic mass is 32.1. The van der Waals surface area contributed by atoms with Gasteiger partial charge in [-0.15, -0.1) is 0 Å². The third-order valence-corrected chi connectivity index (χ3v) is 4.97. The Morgan fingerprint density at radius 3 is 2.58 bits per heavy atom. The molecule has 0 spiro atoms. The molecule has 0 unspecified atom stereocenters. The number of benzene rings is 1. The third kappa shape index (κ3) is 3.41. The van der Waals surface area contributed by atoms with E-state index in [1.54, 1.807) is 29.2 Å². The van der Waals surface area contributed by atoms with E-state index in [2.05, 4.69) is 11.4 Å². The van der Waals surface area contributed by atoms with Gasteiger partial charge in [-0.3, -0.25) is 4.79 Å². The summed E-state index contributed by atoms with van der Waals surface area (Å²) in [5, 5.41) is 4.12. The number of carbonyl (C=O) groups excluding carboxylic acids is 1. The highest BCUT2D eigenvalue weighted by Crippen LogP contribution is 2.24. The Morgan fingerprint density at radius 1 is 1.15 bits per heavy atom. The summed E-state index contributed by atoms with van der Waals surface area (Å²) >= 11 is 1.65. The Kier molecular flexibility index (Phi) is 4.34. The van der Waals surface area contributed by atoms with Gasteiger partial charge in [0.25, 0.3) is 5.91 Å². The molecular weight excluding hydrogens is 350 g/mol. The van der Waals surface area contributed by atoms with Crippen LogP contribution in [0.25, 0.3) is 11.1 Å². The first-order valence-electron chi connectivity index (χ1n) is 8.29. The quantitative estimate of drug-likeness (QED) is 0.707. The van der Waals surface area contributed by atoms with Crippen LogP contribution in [0.2, 0.25) is 0 Å². The minimum atomic E-state index is -0.432. The Bertz CT molecular complexity index is 970. The summed E-state index contributed by atoms with van der Waals surface area (Å²) in [5.41, 5.74) is 2.50. The molecule has 0 bridgehead atoms. The van der Waals surface area contributed by atoms with E-state index >= 15 is 0 Å². The molecular formula is C20H17NO4S. The van der Waals surface area contributed by atoms with Gasteiger partial charge in [0.1, 0.15) is 17.6 Å². The fourth-order valence-electron chi connectivity index (χ4n) is 2.93. The minimum Gasteiger partial charge on any atom is -0.486 e. The smallest absolute Gasteiger partial charge is 0.339 e. The van der Waals surface area contributed by atoms with Gasteiger partial charge < -0.3 is 14.1 Å². The highest BCUT2D eigenvalue weighted by Gasteiger charge is 2.33. The van der Waals surface area contributed by atoms with E-state index in [0.29, 0.717) is 30.2 Å². The molecule has 1 aromatic carbocycles. The number of carbonyl (C=O) groups is 1. The monoisotopic (exact) mass is 367 g/mol. The lowest BCUT2D eigenvalue weighted by Gasteiger charge is -2.39. The fourth-order valence-corrected chi connectivity index (χ4v) is 3.60. The maximum atomic E-state index is 12.5. The molecule has 26 heavy (non-hydrogen) atoms. The van der Waals surface area contributed by atoms with Crippen molar-refractivity contribution in [2.45, 2.75) is 13.0 Å². The fraction of sp³-hybridized carbons (Fsp3) is 0.200. The van der Waals surface area contributed by atoms with Gasteiger partial charge in [-0.25, -0.2) is 4.79 Å². The average molecular weight is 367 g/mol. The van der Waals surface area contributed by atoms with Gasteiger partial charge in [-0.05, 0) is 47.0 Å². The predicted molar refractivity (Wildman–Crippen MR) is 99.8 cm³/mol. The van der Waals surface area contributed by atoms with Crippen LogP contribution in [-0.4, -0.2) is 30.0 Å². The number of rotatable bonds is 4. The Morgan fingerprint density at radius 2 is 1.92 bits per heavy atom. The molecule has 1 aliphatic rings. The van der Waals surface area contributed by atoms with E-state index in [9.17, 15) is 9.59 Å². The van der Waals surface area contributed by atoms with E-state index in [-0.39, 0.29) is 12.0 Å². The van der Waals surface area contributed by atoms with Gasteiger partial charge in [0.05, 0.1) is 19.2 Å². The minimum absolute atomic E-state index is 0.00882. The summed E-state index contributed by atoms with van der Waals surface area (Å²) in [5.74, 6) is 0.979. The summed E-state index contributed by atoms with van der Waals surface area (Å²) in [6, 6.07) is 12.7. The highest BCUT2D eigenvalue weighted by molar-refractivity contribution is 7.08. The first-order chi connectivity index (χ1) is 12.6. The van der Waals surface area contributed by atoms with Crippen molar-refractivity contribution in [1.29, 1.82) is 0 Å². The lowest BCUT2D eigenvalue weighted by Crippen LogP contribution is -2.56. The first kappa shape index (κ1) is 16.6. The van der Waals surface area contributed by atoms with Crippen molar-refractivity contribution in [1.82, 2.24) is 4.90 Å². The van der Waals surface area contributed by atoms with E-state index in [4.69, 9.17) is 9.15 Å². The van der Waals surface area contributed by atoms with Crippen LogP contribution in [0.5, 0.6) is 5.75 Å². The van der Waals surface area contributed by atoms with Crippen LogP contribution in [0.15, 0.2) is 62.4 Å². The lowest BCUT2D eigenvalue weighted by molar-refractivity contribution is 0.0175. The molecule has 1 saturated heterocycles. The second-order valence-corrected chi connectivity index (χ2v) is 7.04. The standard InChI is InChI=1S/C20H17NO4S/c1-13-8-17(9-19(22)24-13)25-18-10-21(11-18)20(23)15-4-2-14(3-5-15)16-6-7-26-12-16/h2-9,12,18H,10-11H2,1H3. The van der Waals surface area contributed by atoms with Crippen LogP contribution in [0.4, 0.5) is 0 Å². The van der Waals surface area contributed by atoms with Crippen molar-refractivity contribution in [3.63, 3.8) is 0 Å². The predicted octanol–water partition coefficient (Wildman–Crippen LogP) is 3.58. The molecule has 2 aromatic heterocycles. The van der Waals surface area contributed by atoms with Crippen molar-refractivity contribution in [3.8, 4) is 16.9 Å². The number of thiophene rings is 1. The van der Waals surface area contributed by atoms with E-state index in [1.165, 1.54) is 6.07 Å². The van der Waals surface area contributed by atoms with E-state index in [1.807, 2.05) is 29.6 Å². The van der Waals surface area contributed by atoms with Gasteiger partial charge in [0.15, 0.2) is 0 Å². The van der Waals surface area contributed by atoms with Crippen LogP contribution < -0.4 is 10.4 Å². The Balaban J connectivity index is 1.36. The topological polar surface area (TPSA) is 59.8 Å². The summed E-state index contributed by atoms with van der Waals surface area (Å²) in [6.07, 6.45) is -0.106. The van der Waals surface area contributed by atoms with Crippen LogP contribution in [0.1, 0.15) is 16.1 Å². The number of nitrogens with zero attached hydrogens (tertiary/aromatic N) is 1. The lowest BCUT2D eigenvalue weighted by atomic mass is 10.0. The number of aryl methyl sites for hydroxylation is 1. The largest absolute Gasteiger partial charge is 0.486 e. The molecule has 3 heterocycles. The molecule has 132 valence electrons. The van der Waals surface area contributed by atoms with Gasteiger partial charge in [-0.2, -0.15) is 11.3 Å². The molecule has 0 N–H and O–H groups in total. The number of amides is 1. The maximum Gasteiger partial charge on any atom is 0.339 e. The Labute approximate surface area is 154 Å². The molecule has 0 saturated carbocycles. The molecule has 1 fully saturated rings. The zero-order chi connectivity index (χ0) is 18.1. The molecule has 6 heteroatoms. The van der Waals surface area contributed by atoms with E-state index < -0.39 is 5.63 Å². The summed E-state index contributed by atoms with van der Waals surface area (Å²) in [4.78, 5) is 25.6. The van der Waals surface area contributed by atoms with Gasteiger partial charge in [0.2, 0.25) is 0 Å². The van der Waals surface area contributed by atoms with Crippen molar-refractivity contribution < 1.29 is 13.9 Å². The van der Waals surface area contributed by atoms with Gasteiger partial charge >= 0.3 is 5.63 Å². The zero-order valence-corrected chi connectivity index (χ0v) is 15.0. The van der Waals surface area contributed by atoms with Gasteiger partial charge in [0, 0.05) is 11.6 Å². The van der Waals surface area contributed by atoms with Crippen LogP contribution >= 0.6 is 11.3 Å². The van der Waals surface area contributed by atoms with Gasteiger partial charge in [-0.1, -0.05) is 12.1 Å². The number of hydrogen-bond acceptors (Lipinski definition) is 5. The second kappa shape index (κ2) is 6.80. The Hall–Kier alpha value is -2.86. The first-order valence-corrected chi connectivity index (χ1v) is 9.23. The van der Waals surface area contributed by atoms with Crippen LogP contribution in [0, 0.1) is 6.92 Å². The molecule has 3 aromatic rings. The number of hydrogen-bond donors (Lipinski definition) is 0. The molecule has 5 nitrogen and oxygen atoms in total. The molecule has 1 aliphatic heterocycles. The van der Waals surface area contributed by atoms with Crippen molar-refractivity contribution in [2.24, 2.45) is 0 Å². The van der Waals surface area contributed by atoms with Crippen LogP contribution in [0.3, 0.4) is 0 Å². The number of likely N-dealkylation sites (tertiary alicyclic amines) is 1. The van der Waals surface area contributed by atoms with Crippen molar-refractivity contribution >= 4 is 17.2 Å². The van der Waals surface area contributed by atoms with Crippen molar-refractivity contribution in [2.75, 3.05) is 13.1 Å². The summed E-state index contributed by atoms with van der Waals surface area (Å²) in [7, 11) is 0. The van der Waals surface area contributed by atoms with Crippen molar-refractivity contribution in [3.05, 3.63) is 75.0 Å². The van der Waals surface area contributed by atoms with Crippen LogP contribution in [-0.2, 0) is 0 Å². The zero-order valence-electron chi connectivity index (χ0n) is 14.2. The molecule has 4 rings (SSSR count). The normalized spacial score (nSPS) is 14.1. The SMILES string of the molecule is Cc1cc(OC2CN(C(=O)c3ccc(-c4ccsc4)cc3)C2)cc(=O)o1. The summed E-state index contributed by atoms with van der Waals surface area (Å²) < 4.78 is 10.6.